The third kappa shape index (κ3) is 5.69. The Bertz CT molecular complexity index is 459. The number of hydrogen-bond donors (Lipinski definition) is 0. The minimum atomic E-state index is -0.0497. The molecular weight excluding hydrogens is 266 g/mol. The van der Waals surface area contributed by atoms with Gasteiger partial charge >= 0.3 is 6.03 Å². The van der Waals surface area contributed by atoms with Crippen LogP contribution in [0.2, 0.25) is 0 Å². The summed E-state index contributed by atoms with van der Waals surface area (Å²) in [5.41, 5.74) is 0.957. The molecule has 1 heterocycles. The van der Waals surface area contributed by atoms with Gasteiger partial charge in [-0.25, -0.2) is 9.78 Å². The Morgan fingerprint density at radius 2 is 1.67 bits per heavy atom. The van der Waals surface area contributed by atoms with Crippen molar-refractivity contribution >= 4 is 11.8 Å². The van der Waals surface area contributed by atoms with Crippen molar-refractivity contribution in [2.24, 2.45) is 0 Å². The van der Waals surface area contributed by atoms with Crippen molar-refractivity contribution in [1.82, 2.24) is 19.7 Å². The molecule has 2 amide bonds. The molecule has 1 rings (SSSR count). The number of carbonyl (C=O) groups is 1. The van der Waals surface area contributed by atoms with E-state index in [1.54, 1.807) is 23.9 Å². The lowest BCUT2D eigenvalue weighted by atomic mass is 10.3. The van der Waals surface area contributed by atoms with Crippen molar-refractivity contribution in [2.45, 2.75) is 6.54 Å². The average molecular weight is 293 g/mol. The normalized spacial score (nSPS) is 11.0. The number of rotatable bonds is 6. The maximum atomic E-state index is 12.4. The molecule has 0 spiro atoms. The SMILES string of the molecule is CN(C)CCN(C(=O)N(C)C)c1cccc(CN(C)C)n1. The van der Waals surface area contributed by atoms with Gasteiger partial charge in [-0.1, -0.05) is 6.07 Å². The van der Waals surface area contributed by atoms with Gasteiger partial charge < -0.3 is 14.7 Å². The van der Waals surface area contributed by atoms with Crippen LogP contribution in [-0.2, 0) is 6.54 Å². The van der Waals surface area contributed by atoms with E-state index in [9.17, 15) is 4.79 Å². The van der Waals surface area contributed by atoms with E-state index in [1.165, 1.54) is 0 Å². The van der Waals surface area contributed by atoms with Gasteiger partial charge in [0.2, 0.25) is 0 Å². The standard InChI is InChI=1S/C15H27N5O/c1-17(2)10-11-20(15(21)19(5)6)14-9-7-8-13(16-14)12-18(3)4/h7-9H,10-12H2,1-6H3. The van der Waals surface area contributed by atoms with Gasteiger partial charge in [0.15, 0.2) is 0 Å². The zero-order valence-corrected chi connectivity index (χ0v) is 14.0. The largest absolute Gasteiger partial charge is 0.330 e. The quantitative estimate of drug-likeness (QED) is 0.790. The average Bonchev–Trinajstić information content (AvgIpc) is 2.37. The number of pyridine rings is 1. The number of nitrogens with zero attached hydrogens (tertiary/aromatic N) is 5. The maximum absolute atomic E-state index is 12.4. The summed E-state index contributed by atoms with van der Waals surface area (Å²) in [6, 6.07) is 5.77. The molecule has 118 valence electrons. The lowest BCUT2D eigenvalue weighted by Crippen LogP contribution is -2.43. The van der Waals surface area contributed by atoms with E-state index in [1.807, 2.05) is 46.4 Å². The van der Waals surface area contributed by atoms with E-state index in [0.717, 1.165) is 18.8 Å². The number of anilines is 1. The fourth-order valence-corrected chi connectivity index (χ4v) is 1.88. The Hall–Kier alpha value is -1.66. The molecule has 0 fully saturated rings. The van der Waals surface area contributed by atoms with Gasteiger partial charge in [0.05, 0.1) is 5.69 Å². The zero-order chi connectivity index (χ0) is 16.0. The van der Waals surface area contributed by atoms with Crippen molar-refractivity contribution in [2.75, 3.05) is 60.3 Å². The van der Waals surface area contributed by atoms with Crippen LogP contribution < -0.4 is 4.90 Å². The predicted molar refractivity (Wildman–Crippen MR) is 86.6 cm³/mol. The smallest absolute Gasteiger partial charge is 0.325 e. The zero-order valence-electron chi connectivity index (χ0n) is 14.0. The first-order chi connectivity index (χ1) is 9.81. The maximum Gasteiger partial charge on any atom is 0.325 e. The molecule has 0 aliphatic carbocycles. The highest BCUT2D eigenvalue weighted by Gasteiger charge is 2.19. The van der Waals surface area contributed by atoms with E-state index in [2.05, 4.69) is 14.8 Å². The molecule has 0 aliphatic rings. The minimum Gasteiger partial charge on any atom is -0.330 e. The van der Waals surface area contributed by atoms with Gasteiger partial charge in [0.25, 0.3) is 0 Å². The third-order valence-electron chi connectivity index (χ3n) is 2.93. The number of likely N-dealkylation sites (N-methyl/N-ethyl adjacent to an activating group) is 1. The fourth-order valence-electron chi connectivity index (χ4n) is 1.88. The minimum absolute atomic E-state index is 0.0497. The van der Waals surface area contributed by atoms with Crippen LogP contribution in [0.1, 0.15) is 5.69 Å². The molecule has 0 N–H and O–H groups in total. The molecular formula is C15H27N5O. The van der Waals surface area contributed by atoms with Gasteiger partial charge in [-0.15, -0.1) is 0 Å². The second kappa shape index (κ2) is 7.95. The van der Waals surface area contributed by atoms with Gasteiger partial charge in [0.1, 0.15) is 5.82 Å². The molecule has 6 nitrogen and oxygen atoms in total. The van der Waals surface area contributed by atoms with E-state index < -0.39 is 0 Å². The van der Waals surface area contributed by atoms with Gasteiger partial charge in [0, 0.05) is 33.7 Å². The number of aromatic nitrogens is 1. The Morgan fingerprint density at radius 3 is 2.19 bits per heavy atom. The monoisotopic (exact) mass is 293 g/mol. The van der Waals surface area contributed by atoms with Crippen LogP contribution in [0, 0.1) is 0 Å². The summed E-state index contributed by atoms with van der Waals surface area (Å²) >= 11 is 0. The van der Waals surface area contributed by atoms with Crippen molar-refractivity contribution in [3.63, 3.8) is 0 Å². The second-order valence-corrected chi connectivity index (χ2v) is 5.86. The molecule has 0 saturated heterocycles. The first-order valence-corrected chi connectivity index (χ1v) is 7.05. The first-order valence-electron chi connectivity index (χ1n) is 7.05. The highest BCUT2D eigenvalue weighted by atomic mass is 16.2. The Balaban J connectivity index is 2.98. The fraction of sp³-hybridized carbons (Fsp3) is 0.600. The summed E-state index contributed by atoms with van der Waals surface area (Å²) < 4.78 is 0. The van der Waals surface area contributed by atoms with E-state index in [0.29, 0.717) is 12.4 Å². The highest BCUT2D eigenvalue weighted by Crippen LogP contribution is 2.14. The number of amides is 2. The lowest BCUT2D eigenvalue weighted by Gasteiger charge is -2.27. The van der Waals surface area contributed by atoms with Crippen LogP contribution in [-0.4, -0.2) is 81.1 Å². The summed E-state index contributed by atoms with van der Waals surface area (Å²) in [6.07, 6.45) is 0. The summed E-state index contributed by atoms with van der Waals surface area (Å²) in [5.74, 6) is 0.704. The van der Waals surface area contributed by atoms with E-state index in [4.69, 9.17) is 0 Å². The number of urea groups is 1. The molecule has 0 aliphatic heterocycles. The van der Waals surface area contributed by atoms with Crippen LogP contribution in [0.4, 0.5) is 10.6 Å². The number of carbonyl (C=O) groups excluding carboxylic acids is 1. The van der Waals surface area contributed by atoms with Crippen LogP contribution in [0.3, 0.4) is 0 Å². The van der Waals surface area contributed by atoms with Crippen molar-refractivity contribution in [3.05, 3.63) is 23.9 Å². The molecule has 0 bridgehead atoms. The van der Waals surface area contributed by atoms with Crippen molar-refractivity contribution < 1.29 is 4.79 Å². The van der Waals surface area contributed by atoms with Gasteiger partial charge in [-0.05, 0) is 40.3 Å². The third-order valence-corrected chi connectivity index (χ3v) is 2.93. The van der Waals surface area contributed by atoms with Gasteiger partial charge in [-0.2, -0.15) is 0 Å². The van der Waals surface area contributed by atoms with E-state index in [-0.39, 0.29) is 6.03 Å². The molecule has 0 aromatic carbocycles. The highest BCUT2D eigenvalue weighted by molar-refractivity contribution is 5.90. The number of hydrogen-bond acceptors (Lipinski definition) is 4. The summed E-state index contributed by atoms with van der Waals surface area (Å²) in [7, 11) is 11.5. The molecule has 0 saturated carbocycles. The predicted octanol–water partition coefficient (Wildman–Crippen LogP) is 1.19. The van der Waals surface area contributed by atoms with Crippen LogP contribution >= 0.6 is 0 Å². The van der Waals surface area contributed by atoms with Crippen LogP contribution in [0.5, 0.6) is 0 Å². The first kappa shape index (κ1) is 17.4. The van der Waals surface area contributed by atoms with Crippen LogP contribution in [0.15, 0.2) is 18.2 Å². The van der Waals surface area contributed by atoms with E-state index >= 15 is 0 Å². The Morgan fingerprint density at radius 1 is 1.00 bits per heavy atom. The topological polar surface area (TPSA) is 42.9 Å². The van der Waals surface area contributed by atoms with Gasteiger partial charge in [-0.3, -0.25) is 4.90 Å². The lowest BCUT2D eigenvalue weighted by molar-refractivity contribution is 0.222. The Kier molecular flexibility index (Phi) is 6.58. The van der Waals surface area contributed by atoms with Crippen molar-refractivity contribution in [3.8, 4) is 0 Å². The molecule has 6 heteroatoms. The molecule has 0 radical (unpaired) electrons. The molecule has 0 atom stereocenters. The molecule has 1 aromatic heterocycles. The summed E-state index contributed by atoms with van der Waals surface area (Å²) in [5, 5.41) is 0. The van der Waals surface area contributed by atoms with Crippen LogP contribution in [0.25, 0.3) is 0 Å². The molecule has 0 unspecified atom stereocenters. The second-order valence-electron chi connectivity index (χ2n) is 5.86. The molecule has 21 heavy (non-hydrogen) atoms. The van der Waals surface area contributed by atoms with Crippen molar-refractivity contribution in [1.29, 1.82) is 0 Å². The summed E-state index contributed by atoms with van der Waals surface area (Å²) in [6.45, 7) is 2.16. The summed E-state index contributed by atoms with van der Waals surface area (Å²) in [4.78, 5) is 24.4. The molecule has 1 aromatic rings. The Labute approximate surface area is 128 Å².